The molecule has 0 unspecified atom stereocenters. The summed E-state index contributed by atoms with van der Waals surface area (Å²) >= 11 is 0.874. The number of rotatable bonds is 5. The van der Waals surface area contributed by atoms with Crippen LogP contribution < -0.4 is 4.72 Å². The van der Waals surface area contributed by atoms with Crippen LogP contribution in [0.25, 0.3) is 0 Å². The van der Waals surface area contributed by atoms with Gasteiger partial charge >= 0.3 is 6.18 Å². The Labute approximate surface area is 160 Å². The summed E-state index contributed by atoms with van der Waals surface area (Å²) in [4.78, 5) is 3.42. The van der Waals surface area contributed by atoms with Crippen molar-refractivity contribution in [1.82, 2.24) is 4.98 Å². The molecule has 0 radical (unpaired) electrons. The third-order valence-corrected chi connectivity index (χ3v) is 6.06. The molecule has 0 saturated heterocycles. The zero-order valence-corrected chi connectivity index (χ0v) is 15.4. The summed E-state index contributed by atoms with van der Waals surface area (Å²) in [7, 11) is -4.53. The Morgan fingerprint density at radius 2 is 1.75 bits per heavy atom. The summed E-state index contributed by atoms with van der Waals surface area (Å²) in [6.07, 6.45) is -3.39. The third-order valence-electron chi connectivity index (χ3n) is 3.62. The van der Waals surface area contributed by atoms with Gasteiger partial charge in [0.25, 0.3) is 10.0 Å². The van der Waals surface area contributed by atoms with Crippen molar-refractivity contribution in [3.05, 3.63) is 76.3 Å². The number of sulfonamides is 1. The van der Waals surface area contributed by atoms with E-state index in [1.54, 1.807) is 0 Å². The number of hydrogen-bond acceptors (Lipinski definition) is 4. The number of aromatic nitrogens is 1. The van der Waals surface area contributed by atoms with Gasteiger partial charge in [-0.15, -0.1) is 11.3 Å². The van der Waals surface area contributed by atoms with E-state index in [-0.39, 0.29) is 11.6 Å². The van der Waals surface area contributed by atoms with Crippen LogP contribution in [0.1, 0.15) is 16.0 Å². The van der Waals surface area contributed by atoms with E-state index in [0.29, 0.717) is 16.5 Å². The Morgan fingerprint density at radius 3 is 2.43 bits per heavy atom. The van der Waals surface area contributed by atoms with Gasteiger partial charge in [-0.1, -0.05) is 18.2 Å². The highest BCUT2D eigenvalue weighted by molar-refractivity contribution is 7.93. The summed E-state index contributed by atoms with van der Waals surface area (Å²) in [6.45, 7) is 0. The highest BCUT2D eigenvalue weighted by Crippen LogP contribution is 2.35. The van der Waals surface area contributed by atoms with Crippen molar-refractivity contribution in [2.75, 3.05) is 4.72 Å². The lowest BCUT2D eigenvalue weighted by Gasteiger charge is -2.13. The topological polar surface area (TPSA) is 59.1 Å². The number of halogens is 5. The molecule has 0 aliphatic carbocycles. The van der Waals surface area contributed by atoms with Gasteiger partial charge in [-0.2, -0.15) is 13.2 Å². The van der Waals surface area contributed by atoms with Crippen molar-refractivity contribution in [3.63, 3.8) is 0 Å². The van der Waals surface area contributed by atoms with E-state index in [0.717, 1.165) is 35.6 Å². The molecule has 0 atom stereocenters. The number of thiazole rings is 1. The summed E-state index contributed by atoms with van der Waals surface area (Å²) in [5.41, 5.74) is -0.861. The normalized spacial score (nSPS) is 12.2. The molecule has 0 amide bonds. The summed E-state index contributed by atoms with van der Waals surface area (Å²) in [6, 6.07) is 7.11. The first-order chi connectivity index (χ1) is 13.1. The molecule has 1 N–H and O–H groups in total. The minimum atomic E-state index is -4.84. The SMILES string of the molecule is O=S(=O)(Nc1ncc(Cc2ccc(F)c(F)c2)s1)c1ccccc1C(F)(F)F. The van der Waals surface area contributed by atoms with Gasteiger partial charge in [0.2, 0.25) is 0 Å². The Kier molecular flexibility index (Phi) is 5.39. The Hall–Kier alpha value is -2.53. The maximum Gasteiger partial charge on any atom is 0.417 e. The first-order valence-electron chi connectivity index (χ1n) is 7.64. The maximum atomic E-state index is 13.3. The van der Waals surface area contributed by atoms with Gasteiger partial charge in [-0.05, 0) is 29.8 Å². The molecule has 0 saturated carbocycles. The molecule has 0 fully saturated rings. The molecule has 28 heavy (non-hydrogen) atoms. The fraction of sp³-hybridized carbons (Fsp3) is 0.118. The second kappa shape index (κ2) is 7.47. The minimum Gasteiger partial charge on any atom is -0.255 e. The first kappa shape index (κ1) is 20.2. The molecule has 148 valence electrons. The van der Waals surface area contributed by atoms with E-state index in [9.17, 15) is 30.4 Å². The molecule has 11 heteroatoms. The molecular weight excluding hydrogens is 423 g/mol. The van der Waals surface area contributed by atoms with E-state index < -0.39 is 38.3 Å². The van der Waals surface area contributed by atoms with Crippen LogP contribution in [-0.4, -0.2) is 13.4 Å². The fourth-order valence-corrected chi connectivity index (χ4v) is 4.71. The molecule has 0 spiro atoms. The quantitative estimate of drug-likeness (QED) is 0.585. The Bertz CT molecular complexity index is 1110. The maximum absolute atomic E-state index is 13.3. The van der Waals surface area contributed by atoms with Gasteiger partial charge < -0.3 is 0 Å². The van der Waals surface area contributed by atoms with Gasteiger partial charge in [-0.25, -0.2) is 22.2 Å². The van der Waals surface area contributed by atoms with E-state index in [1.807, 2.05) is 4.72 Å². The van der Waals surface area contributed by atoms with Crippen molar-refractivity contribution in [3.8, 4) is 0 Å². The van der Waals surface area contributed by atoms with Gasteiger partial charge in [-0.3, -0.25) is 4.72 Å². The average molecular weight is 434 g/mol. The molecule has 0 aliphatic heterocycles. The Morgan fingerprint density at radius 1 is 1.04 bits per heavy atom. The van der Waals surface area contributed by atoms with Crippen molar-refractivity contribution < 1.29 is 30.4 Å². The van der Waals surface area contributed by atoms with Crippen LogP contribution in [0.15, 0.2) is 53.6 Å². The third kappa shape index (κ3) is 4.47. The van der Waals surface area contributed by atoms with Gasteiger partial charge in [0.1, 0.15) is 0 Å². The highest BCUT2D eigenvalue weighted by atomic mass is 32.2. The van der Waals surface area contributed by atoms with Crippen LogP contribution in [0.2, 0.25) is 0 Å². The molecule has 4 nitrogen and oxygen atoms in total. The summed E-state index contributed by atoms with van der Waals surface area (Å²) in [5, 5.41) is -0.144. The lowest BCUT2D eigenvalue weighted by atomic mass is 10.1. The molecule has 0 aliphatic rings. The minimum absolute atomic E-state index is 0.144. The predicted molar refractivity (Wildman–Crippen MR) is 93.5 cm³/mol. The van der Waals surface area contributed by atoms with E-state index in [4.69, 9.17) is 0 Å². The van der Waals surface area contributed by atoms with Crippen LogP contribution in [0.5, 0.6) is 0 Å². The number of hydrogen-bond donors (Lipinski definition) is 1. The monoisotopic (exact) mass is 434 g/mol. The standard InChI is InChI=1S/C17H11F5N2O2S2/c18-13-6-5-10(8-14(13)19)7-11-9-23-16(27-11)24-28(25,26)15-4-2-1-3-12(15)17(20,21)22/h1-6,8-9H,7H2,(H,23,24). The summed E-state index contributed by atoms with van der Waals surface area (Å²) < 4.78 is 92.2. The van der Waals surface area contributed by atoms with E-state index in [1.165, 1.54) is 18.3 Å². The number of nitrogens with one attached hydrogen (secondary N) is 1. The van der Waals surface area contributed by atoms with Crippen molar-refractivity contribution in [2.24, 2.45) is 0 Å². The number of benzene rings is 2. The second-order valence-corrected chi connectivity index (χ2v) is 8.42. The molecule has 3 rings (SSSR count). The first-order valence-corrected chi connectivity index (χ1v) is 9.94. The lowest BCUT2D eigenvalue weighted by molar-refractivity contribution is -0.139. The highest BCUT2D eigenvalue weighted by Gasteiger charge is 2.37. The molecular formula is C17H11F5N2O2S2. The zero-order valence-electron chi connectivity index (χ0n) is 13.8. The average Bonchev–Trinajstić information content (AvgIpc) is 3.03. The van der Waals surface area contributed by atoms with Crippen LogP contribution >= 0.6 is 11.3 Å². The molecule has 1 heterocycles. The van der Waals surface area contributed by atoms with Crippen LogP contribution in [-0.2, 0) is 22.6 Å². The smallest absolute Gasteiger partial charge is 0.255 e. The largest absolute Gasteiger partial charge is 0.417 e. The van der Waals surface area contributed by atoms with Gasteiger partial charge in [0, 0.05) is 17.5 Å². The Balaban J connectivity index is 1.82. The number of anilines is 1. The molecule has 3 aromatic rings. The fourth-order valence-electron chi connectivity index (χ4n) is 2.39. The van der Waals surface area contributed by atoms with Crippen molar-refractivity contribution in [1.29, 1.82) is 0 Å². The van der Waals surface area contributed by atoms with Crippen LogP contribution in [0.3, 0.4) is 0 Å². The second-order valence-electron chi connectivity index (χ2n) is 5.66. The number of alkyl halides is 3. The van der Waals surface area contributed by atoms with Gasteiger partial charge in [0.05, 0.1) is 10.5 Å². The predicted octanol–water partition coefficient (Wildman–Crippen LogP) is 4.83. The van der Waals surface area contributed by atoms with E-state index in [2.05, 4.69) is 4.98 Å². The zero-order chi connectivity index (χ0) is 20.5. The lowest BCUT2D eigenvalue weighted by Crippen LogP contribution is -2.18. The molecule has 2 aromatic carbocycles. The molecule has 1 aromatic heterocycles. The van der Waals surface area contributed by atoms with Crippen LogP contribution in [0, 0.1) is 11.6 Å². The van der Waals surface area contributed by atoms with Gasteiger partial charge in [0.15, 0.2) is 16.8 Å². The van der Waals surface area contributed by atoms with E-state index >= 15 is 0 Å². The summed E-state index contributed by atoms with van der Waals surface area (Å²) in [5.74, 6) is -2.02. The van der Waals surface area contributed by atoms with Crippen molar-refractivity contribution >= 4 is 26.5 Å². The molecule has 0 bridgehead atoms. The van der Waals surface area contributed by atoms with Crippen LogP contribution in [0.4, 0.5) is 27.1 Å². The number of nitrogens with zero attached hydrogens (tertiary/aromatic N) is 1. The van der Waals surface area contributed by atoms with Crippen molar-refractivity contribution in [2.45, 2.75) is 17.5 Å².